The fraction of sp³-hybridized carbons (Fsp3) is 0.0741. The minimum atomic E-state index is -0.303. The van der Waals surface area contributed by atoms with Crippen molar-refractivity contribution in [2.75, 3.05) is 4.90 Å². The van der Waals surface area contributed by atoms with Crippen LogP contribution in [-0.2, 0) is 10.8 Å². The summed E-state index contributed by atoms with van der Waals surface area (Å²) in [7, 11) is 0. The summed E-state index contributed by atoms with van der Waals surface area (Å²) < 4.78 is 0. The zero-order chi connectivity index (χ0) is 36.7. The molecule has 0 spiro atoms. The van der Waals surface area contributed by atoms with Crippen LogP contribution in [0.5, 0.6) is 0 Å². The highest BCUT2D eigenvalue weighted by molar-refractivity contribution is 6.08. The zero-order valence-corrected chi connectivity index (χ0v) is 31.0. The maximum absolute atomic E-state index is 2.48. The second kappa shape index (κ2) is 11.9. The Hall–Kier alpha value is -6.70. The predicted molar refractivity (Wildman–Crippen MR) is 231 cm³/mol. The van der Waals surface area contributed by atoms with E-state index in [1.54, 1.807) is 0 Å². The van der Waals surface area contributed by atoms with Crippen molar-refractivity contribution in [1.29, 1.82) is 0 Å². The fourth-order valence-electron chi connectivity index (χ4n) is 9.99. The molecule has 55 heavy (non-hydrogen) atoms. The number of fused-ring (bicyclic) bond motifs is 9. The van der Waals surface area contributed by atoms with E-state index in [0.717, 1.165) is 17.1 Å². The van der Waals surface area contributed by atoms with Crippen LogP contribution in [0.15, 0.2) is 200 Å². The maximum atomic E-state index is 2.48. The number of hydrogen-bond donors (Lipinski definition) is 0. The molecule has 2 atom stereocenters. The van der Waals surface area contributed by atoms with Crippen molar-refractivity contribution < 1.29 is 0 Å². The van der Waals surface area contributed by atoms with Crippen LogP contribution in [0, 0.1) is 0 Å². The number of rotatable bonds is 5. The Morgan fingerprint density at radius 1 is 0.309 bits per heavy atom. The van der Waals surface area contributed by atoms with Gasteiger partial charge in [0, 0.05) is 27.9 Å². The second-order valence-corrected chi connectivity index (χ2v) is 15.6. The summed E-state index contributed by atoms with van der Waals surface area (Å²) in [5.74, 6) is 0. The molecule has 9 aromatic rings. The lowest BCUT2D eigenvalue weighted by Gasteiger charge is -2.32. The smallest absolute Gasteiger partial charge is 0.0468 e. The third kappa shape index (κ3) is 4.53. The Balaban J connectivity index is 1.16. The van der Waals surface area contributed by atoms with E-state index in [1.165, 1.54) is 77.2 Å². The molecule has 2 unspecified atom stereocenters. The molecule has 0 bridgehead atoms. The first-order chi connectivity index (χ1) is 27.0. The summed E-state index contributed by atoms with van der Waals surface area (Å²) in [6.07, 6.45) is 0. The van der Waals surface area contributed by atoms with Crippen LogP contribution in [0.1, 0.15) is 47.2 Å². The number of hydrogen-bond acceptors (Lipinski definition) is 1. The van der Waals surface area contributed by atoms with E-state index in [-0.39, 0.29) is 10.8 Å². The average molecular weight is 702 g/mol. The van der Waals surface area contributed by atoms with E-state index in [4.69, 9.17) is 0 Å². The topological polar surface area (TPSA) is 3.24 Å². The monoisotopic (exact) mass is 701 g/mol. The highest BCUT2D eigenvalue weighted by atomic mass is 15.1. The van der Waals surface area contributed by atoms with Crippen molar-refractivity contribution in [3.05, 3.63) is 234 Å². The van der Waals surface area contributed by atoms with Crippen LogP contribution in [0.4, 0.5) is 17.1 Å². The Kier molecular flexibility index (Phi) is 6.88. The SMILES string of the molecule is CC1(c2ccccc2)c2ccccc2-c2ccc(N(c3ccc4c(c3)C(C)(c3ccccc3)c3ccccc3-4)c3ccc4c(ccc5ccccc54)c3)cc21. The molecule has 1 nitrogen and oxygen atoms in total. The van der Waals surface area contributed by atoms with Crippen molar-refractivity contribution in [2.45, 2.75) is 24.7 Å². The standard InChI is InChI=1S/C54H39N/c1-53(38-16-5-3-6-17-38)49-23-13-11-21-45(49)47-31-28-41(34-51(47)53)55(40-27-30-44-37(33-40)26-25-36-15-9-10-20-43(36)44)42-29-32-48-46-22-12-14-24-50(46)54(2,52(48)35-42)39-18-7-4-8-19-39/h3-35H,1-2H3. The van der Waals surface area contributed by atoms with Crippen LogP contribution in [0.25, 0.3) is 43.8 Å². The van der Waals surface area contributed by atoms with Gasteiger partial charge in [-0.25, -0.2) is 0 Å². The highest BCUT2D eigenvalue weighted by Crippen LogP contribution is 2.56. The lowest BCUT2D eigenvalue weighted by Crippen LogP contribution is -2.23. The molecular formula is C54H39N. The van der Waals surface area contributed by atoms with Crippen LogP contribution < -0.4 is 4.90 Å². The van der Waals surface area contributed by atoms with Crippen molar-refractivity contribution in [2.24, 2.45) is 0 Å². The zero-order valence-electron chi connectivity index (χ0n) is 31.0. The molecule has 11 rings (SSSR count). The molecule has 9 aromatic carbocycles. The van der Waals surface area contributed by atoms with E-state index >= 15 is 0 Å². The van der Waals surface area contributed by atoms with Gasteiger partial charge < -0.3 is 4.90 Å². The molecule has 0 amide bonds. The first-order valence-electron chi connectivity index (χ1n) is 19.3. The molecule has 1 heteroatoms. The van der Waals surface area contributed by atoms with Gasteiger partial charge in [-0.15, -0.1) is 0 Å². The maximum Gasteiger partial charge on any atom is 0.0468 e. The summed E-state index contributed by atoms with van der Waals surface area (Å²) in [6.45, 7) is 4.81. The fourth-order valence-corrected chi connectivity index (χ4v) is 9.99. The van der Waals surface area contributed by atoms with E-state index in [0.29, 0.717) is 0 Å². The predicted octanol–water partition coefficient (Wildman–Crippen LogP) is 14.1. The first kappa shape index (κ1) is 31.8. The molecule has 0 heterocycles. The molecule has 0 saturated heterocycles. The van der Waals surface area contributed by atoms with Gasteiger partial charge in [0.05, 0.1) is 0 Å². The summed E-state index contributed by atoms with van der Waals surface area (Å²) in [4.78, 5) is 2.48. The van der Waals surface area contributed by atoms with E-state index in [9.17, 15) is 0 Å². The second-order valence-electron chi connectivity index (χ2n) is 15.6. The van der Waals surface area contributed by atoms with Crippen LogP contribution in [-0.4, -0.2) is 0 Å². The largest absolute Gasteiger partial charge is 0.310 e. The molecule has 2 aliphatic carbocycles. The molecule has 2 aliphatic rings. The van der Waals surface area contributed by atoms with Crippen LogP contribution in [0.2, 0.25) is 0 Å². The van der Waals surface area contributed by atoms with Gasteiger partial charge in [0.2, 0.25) is 0 Å². The normalized spacial score (nSPS) is 17.8. The Morgan fingerprint density at radius 2 is 0.727 bits per heavy atom. The Morgan fingerprint density at radius 3 is 1.31 bits per heavy atom. The molecule has 260 valence electrons. The van der Waals surface area contributed by atoms with Crippen molar-refractivity contribution >= 4 is 38.6 Å². The Labute approximate surface area is 322 Å². The van der Waals surface area contributed by atoms with E-state index < -0.39 is 0 Å². The van der Waals surface area contributed by atoms with Gasteiger partial charge in [-0.05, 0) is 127 Å². The summed E-state index contributed by atoms with van der Waals surface area (Å²) in [6, 6.07) is 74.5. The van der Waals surface area contributed by atoms with Crippen LogP contribution >= 0.6 is 0 Å². The van der Waals surface area contributed by atoms with Crippen molar-refractivity contribution in [1.82, 2.24) is 0 Å². The Bertz CT molecular complexity index is 2820. The molecular weight excluding hydrogens is 663 g/mol. The quantitative estimate of drug-likeness (QED) is 0.162. The molecule has 0 fully saturated rings. The van der Waals surface area contributed by atoms with E-state index in [2.05, 4.69) is 219 Å². The molecule has 0 radical (unpaired) electrons. The lowest BCUT2D eigenvalue weighted by atomic mass is 9.74. The van der Waals surface area contributed by atoms with Gasteiger partial charge in [0.25, 0.3) is 0 Å². The third-order valence-electron chi connectivity index (χ3n) is 12.8. The van der Waals surface area contributed by atoms with Gasteiger partial charge in [-0.2, -0.15) is 0 Å². The van der Waals surface area contributed by atoms with Gasteiger partial charge in [0.1, 0.15) is 0 Å². The minimum absolute atomic E-state index is 0.303. The highest BCUT2D eigenvalue weighted by Gasteiger charge is 2.42. The van der Waals surface area contributed by atoms with Gasteiger partial charge >= 0.3 is 0 Å². The lowest BCUT2D eigenvalue weighted by molar-refractivity contribution is 0.713. The molecule has 0 saturated carbocycles. The summed E-state index contributed by atoms with van der Waals surface area (Å²) >= 11 is 0. The number of anilines is 3. The minimum Gasteiger partial charge on any atom is -0.310 e. The molecule has 0 aliphatic heterocycles. The van der Waals surface area contributed by atoms with Crippen molar-refractivity contribution in [3.8, 4) is 22.3 Å². The summed E-state index contributed by atoms with van der Waals surface area (Å²) in [5, 5.41) is 5.04. The van der Waals surface area contributed by atoms with Gasteiger partial charge in [0.15, 0.2) is 0 Å². The summed E-state index contributed by atoms with van der Waals surface area (Å²) in [5.41, 5.74) is 16.0. The first-order valence-corrected chi connectivity index (χ1v) is 19.3. The van der Waals surface area contributed by atoms with Gasteiger partial charge in [-0.3, -0.25) is 0 Å². The van der Waals surface area contributed by atoms with Crippen molar-refractivity contribution in [3.63, 3.8) is 0 Å². The molecule has 0 N–H and O–H groups in total. The molecule has 0 aromatic heterocycles. The van der Waals surface area contributed by atoms with Crippen LogP contribution in [0.3, 0.4) is 0 Å². The van der Waals surface area contributed by atoms with Gasteiger partial charge in [-0.1, -0.05) is 164 Å². The third-order valence-corrected chi connectivity index (χ3v) is 12.8. The van der Waals surface area contributed by atoms with E-state index in [1.807, 2.05) is 0 Å². The average Bonchev–Trinajstić information content (AvgIpc) is 3.67. The number of benzene rings is 9. The number of nitrogens with zero attached hydrogens (tertiary/aromatic N) is 1.